The minimum absolute atomic E-state index is 0.0352. The lowest BCUT2D eigenvalue weighted by Crippen LogP contribution is -2.29. The fraction of sp³-hybridized carbons (Fsp3) is 0.556. The van der Waals surface area contributed by atoms with E-state index in [2.05, 4.69) is 10.5 Å². The van der Waals surface area contributed by atoms with E-state index in [0.29, 0.717) is 18.0 Å². The van der Waals surface area contributed by atoms with Crippen LogP contribution in [0.3, 0.4) is 0 Å². The normalized spacial score (nSPS) is 12.5. The highest BCUT2D eigenvalue weighted by molar-refractivity contribution is 6.20. The number of carbonyl (C=O) groups excluding carboxylic acids is 1. The summed E-state index contributed by atoms with van der Waals surface area (Å²) in [6.45, 7) is 4.15. The Morgan fingerprint density at radius 1 is 1.79 bits per heavy atom. The van der Waals surface area contributed by atoms with Crippen molar-refractivity contribution >= 4 is 17.5 Å². The van der Waals surface area contributed by atoms with E-state index < -0.39 is 0 Å². The van der Waals surface area contributed by atoms with Gasteiger partial charge >= 0.3 is 0 Å². The molecular formula is C9H13ClN2O2. The van der Waals surface area contributed by atoms with Crippen LogP contribution in [-0.4, -0.2) is 23.0 Å². The number of rotatable bonds is 4. The number of halogens is 1. The Morgan fingerprint density at radius 2 is 2.50 bits per heavy atom. The Morgan fingerprint density at radius 3 is 3.00 bits per heavy atom. The van der Waals surface area contributed by atoms with Gasteiger partial charge in [-0.3, -0.25) is 4.79 Å². The third-order valence-corrected chi connectivity index (χ3v) is 2.25. The summed E-state index contributed by atoms with van der Waals surface area (Å²) in [7, 11) is 0. The number of nitrogens with zero attached hydrogens (tertiary/aromatic N) is 1. The summed E-state index contributed by atoms with van der Waals surface area (Å²) in [6.07, 6.45) is 0.819. The summed E-state index contributed by atoms with van der Waals surface area (Å²) >= 11 is 5.84. The Labute approximate surface area is 87.6 Å². The van der Waals surface area contributed by atoms with Crippen LogP contribution in [0.15, 0.2) is 10.6 Å². The lowest BCUT2D eigenvalue weighted by Gasteiger charge is -2.06. The predicted octanol–water partition coefficient (Wildman–Crippen LogP) is 1.73. The lowest BCUT2D eigenvalue weighted by atomic mass is 10.3. The highest BCUT2D eigenvalue weighted by Crippen LogP contribution is 2.02. The van der Waals surface area contributed by atoms with Crippen LogP contribution in [0, 0.1) is 6.92 Å². The lowest BCUT2D eigenvalue weighted by molar-refractivity contribution is 0.0944. The molecule has 14 heavy (non-hydrogen) atoms. The highest BCUT2D eigenvalue weighted by Gasteiger charge is 2.11. The second-order valence-corrected chi connectivity index (χ2v) is 3.66. The predicted molar refractivity (Wildman–Crippen MR) is 53.5 cm³/mol. The zero-order valence-corrected chi connectivity index (χ0v) is 8.97. The van der Waals surface area contributed by atoms with Gasteiger partial charge in [-0.2, -0.15) is 0 Å². The van der Waals surface area contributed by atoms with Gasteiger partial charge in [0.2, 0.25) is 0 Å². The summed E-state index contributed by atoms with van der Waals surface area (Å²) in [5.74, 6) is 0.369. The van der Waals surface area contributed by atoms with Gasteiger partial charge in [-0.1, -0.05) is 12.1 Å². The van der Waals surface area contributed by atoms with Gasteiger partial charge in [-0.05, 0) is 13.3 Å². The van der Waals surface area contributed by atoms with Crippen LogP contribution in [0.1, 0.15) is 29.6 Å². The minimum Gasteiger partial charge on any atom is -0.361 e. The van der Waals surface area contributed by atoms with Crippen LogP contribution < -0.4 is 5.32 Å². The maximum atomic E-state index is 11.4. The summed E-state index contributed by atoms with van der Waals surface area (Å²) < 4.78 is 4.77. The van der Waals surface area contributed by atoms with Crippen molar-refractivity contribution in [3.8, 4) is 0 Å². The van der Waals surface area contributed by atoms with Crippen molar-refractivity contribution in [3.05, 3.63) is 17.5 Å². The van der Waals surface area contributed by atoms with Crippen molar-refractivity contribution in [2.75, 3.05) is 6.54 Å². The van der Waals surface area contributed by atoms with Crippen molar-refractivity contribution in [1.29, 1.82) is 0 Å². The molecule has 0 fully saturated rings. The molecule has 0 aliphatic rings. The molecule has 0 saturated heterocycles. The molecule has 0 saturated carbocycles. The SMILES string of the molecule is CCC(Cl)CNC(=O)c1cc(C)on1. The minimum atomic E-state index is -0.249. The van der Waals surface area contributed by atoms with Crippen LogP contribution in [0.25, 0.3) is 0 Å². The van der Waals surface area contributed by atoms with E-state index in [1.54, 1.807) is 13.0 Å². The van der Waals surface area contributed by atoms with Gasteiger partial charge in [0.15, 0.2) is 5.69 Å². The van der Waals surface area contributed by atoms with Crippen molar-refractivity contribution < 1.29 is 9.32 Å². The Hall–Kier alpha value is -1.03. The third-order valence-electron chi connectivity index (χ3n) is 1.79. The number of alkyl halides is 1. The van der Waals surface area contributed by atoms with E-state index in [1.807, 2.05) is 6.92 Å². The van der Waals surface area contributed by atoms with E-state index in [0.717, 1.165) is 6.42 Å². The number of carbonyl (C=O) groups is 1. The highest BCUT2D eigenvalue weighted by atomic mass is 35.5. The molecule has 5 heteroatoms. The quantitative estimate of drug-likeness (QED) is 0.780. The van der Waals surface area contributed by atoms with Crippen molar-refractivity contribution in [2.24, 2.45) is 0 Å². The van der Waals surface area contributed by atoms with Crippen LogP contribution in [0.2, 0.25) is 0 Å². The van der Waals surface area contributed by atoms with Crippen LogP contribution in [-0.2, 0) is 0 Å². The fourth-order valence-electron chi connectivity index (χ4n) is 0.912. The van der Waals surface area contributed by atoms with E-state index in [9.17, 15) is 4.79 Å². The van der Waals surface area contributed by atoms with Crippen molar-refractivity contribution in [2.45, 2.75) is 25.6 Å². The Kier molecular flexibility index (Phi) is 3.95. The molecule has 1 atom stereocenters. The number of hydrogen-bond donors (Lipinski definition) is 1. The molecular weight excluding hydrogens is 204 g/mol. The Bertz CT molecular complexity index is 312. The fourth-order valence-corrected chi connectivity index (χ4v) is 0.989. The molecule has 0 radical (unpaired) electrons. The smallest absolute Gasteiger partial charge is 0.273 e. The first-order valence-corrected chi connectivity index (χ1v) is 4.92. The molecule has 1 heterocycles. The average Bonchev–Trinajstić information content (AvgIpc) is 2.60. The first kappa shape index (κ1) is 11.0. The molecule has 0 aliphatic carbocycles. The molecule has 0 spiro atoms. The molecule has 1 aromatic rings. The molecule has 1 amide bonds. The van der Waals surface area contributed by atoms with Gasteiger partial charge in [0, 0.05) is 12.6 Å². The number of aromatic nitrogens is 1. The molecule has 0 aliphatic heterocycles. The molecule has 78 valence electrons. The molecule has 4 nitrogen and oxygen atoms in total. The van der Waals surface area contributed by atoms with Gasteiger partial charge in [0.05, 0.1) is 5.38 Å². The Balaban J connectivity index is 2.43. The van der Waals surface area contributed by atoms with E-state index in [1.165, 1.54) is 0 Å². The third kappa shape index (κ3) is 3.03. The molecule has 1 unspecified atom stereocenters. The van der Waals surface area contributed by atoms with Crippen molar-refractivity contribution in [1.82, 2.24) is 10.5 Å². The standard InChI is InChI=1S/C9H13ClN2O2/c1-3-7(10)5-11-9(13)8-4-6(2)14-12-8/h4,7H,3,5H2,1-2H3,(H,11,13). The largest absolute Gasteiger partial charge is 0.361 e. The summed E-state index contributed by atoms with van der Waals surface area (Å²) in [5.41, 5.74) is 0.294. The first-order chi connectivity index (χ1) is 6.63. The monoisotopic (exact) mass is 216 g/mol. The number of hydrogen-bond acceptors (Lipinski definition) is 3. The topological polar surface area (TPSA) is 55.1 Å². The van der Waals surface area contributed by atoms with E-state index in [4.69, 9.17) is 16.1 Å². The van der Waals surface area contributed by atoms with E-state index in [-0.39, 0.29) is 11.3 Å². The van der Waals surface area contributed by atoms with Gasteiger partial charge in [0.25, 0.3) is 5.91 Å². The maximum Gasteiger partial charge on any atom is 0.273 e. The number of aryl methyl sites for hydroxylation is 1. The molecule has 0 bridgehead atoms. The summed E-state index contributed by atoms with van der Waals surface area (Å²) in [5, 5.41) is 6.22. The van der Waals surface area contributed by atoms with E-state index >= 15 is 0 Å². The zero-order valence-electron chi connectivity index (χ0n) is 8.21. The number of nitrogens with one attached hydrogen (secondary N) is 1. The first-order valence-electron chi connectivity index (χ1n) is 4.49. The molecule has 1 rings (SSSR count). The molecule has 1 aromatic heterocycles. The van der Waals surface area contributed by atoms with Crippen LogP contribution in [0.5, 0.6) is 0 Å². The van der Waals surface area contributed by atoms with Crippen molar-refractivity contribution in [3.63, 3.8) is 0 Å². The zero-order chi connectivity index (χ0) is 10.6. The molecule has 0 aromatic carbocycles. The van der Waals surface area contributed by atoms with Gasteiger partial charge in [-0.15, -0.1) is 11.6 Å². The summed E-state index contributed by atoms with van der Waals surface area (Å²) in [6, 6.07) is 1.59. The molecule has 1 N–H and O–H groups in total. The van der Waals surface area contributed by atoms with Crippen LogP contribution >= 0.6 is 11.6 Å². The van der Waals surface area contributed by atoms with Gasteiger partial charge in [-0.25, -0.2) is 0 Å². The van der Waals surface area contributed by atoms with Gasteiger partial charge in [0.1, 0.15) is 5.76 Å². The average molecular weight is 217 g/mol. The summed E-state index contributed by atoms with van der Waals surface area (Å²) in [4.78, 5) is 11.4. The van der Waals surface area contributed by atoms with Gasteiger partial charge < -0.3 is 9.84 Å². The van der Waals surface area contributed by atoms with Crippen LogP contribution in [0.4, 0.5) is 0 Å². The second kappa shape index (κ2) is 5.00. The second-order valence-electron chi connectivity index (χ2n) is 3.04. The maximum absolute atomic E-state index is 11.4. The number of amides is 1.